The largest absolute Gasteiger partial charge is 0.460 e. The van der Waals surface area contributed by atoms with Crippen LogP contribution in [-0.4, -0.2) is 26.0 Å². The molecule has 1 N–H and O–H groups in total. The average Bonchev–Trinajstić information content (AvgIpc) is 2.24. The van der Waals surface area contributed by atoms with Crippen molar-refractivity contribution in [3.8, 4) is 0 Å². The molecule has 0 saturated heterocycles. The first kappa shape index (κ1) is 15.6. The maximum atomic E-state index is 11.5. The SMILES string of the molecule is CC(C)(C)OC(=O)CCn1cc([N+](=O)[O-])c(=O)[nH]c1=O. The second kappa shape index (κ2) is 5.68. The van der Waals surface area contributed by atoms with Crippen LogP contribution in [0.5, 0.6) is 0 Å². The van der Waals surface area contributed by atoms with Crippen LogP contribution < -0.4 is 11.2 Å². The summed E-state index contributed by atoms with van der Waals surface area (Å²) in [5, 5.41) is 10.6. The highest BCUT2D eigenvalue weighted by molar-refractivity contribution is 5.69. The molecular formula is C11H15N3O6. The lowest BCUT2D eigenvalue weighted by Crippen LogP contribution is -2.32. The van der Waals surface area contributed by atoms with Crippen molar-refractivity contribution in [2.24, 2.45) is 0 Å². The number of carbonyl (C=O) groups excluding carboxylic acids is 1. The molecule has 0 atom stereocenters. The minimum atomic E-state index is -1.08. The number of ether oxygens (including phenoxy) is 1. The van der Waals surface area contributed by atoms with Crippen LogP contribution in [0.25, 0.3) is 0 Å². The number of H-pyrrole nitrogens is 1. The zero-order valence-electron chi connectivity index (χ0n) is 11.3. The van der Waals surface area contributed by atoms with E-state index < -0.39 is 33.4 Å². The van der Waals surface area contributed by atoms with Gasteiger partial charge < -0.3 is 4.74 Å². The van der Waals surface area contributed by atoms with Crippen molar-refractivity contribution >= 4 is 11.7 Å². The standard InChI is InChI=1S/C11H15N3O6/c1-11(2,3)20-8(15)4-5-13-6-7(14(18)19)9(16)12-10(13)17/h6H,4-5H2,1-3H3,(H,12,16,17). The molecule has 9 heteroatoms. The Balaban J connectivity index is 2.86. The molecule has 0 aromatic carbocycles. The topological polar surface area (TPSA) is 124 Å². The van der Waals surface area contributed by atoms with Crippen molar-refractivity contribution < 1.29 is 14.5 Å². The maximum Gasteiger partial charge on any atom is 0.350 e. The van der Waals surface area contributed by atoms with Gasteiger partial charge in [-0.05, 0) is 20.8 Å². The number of nitrogens with one attached hydrogen (secondary N) is 1. The Bertz CT molecular complexity index is 637. The Morgan fingerprint density at radius 2 is 2.05 bits per heavy atom. The molecule has 1 aromatic heterocycles. The van der Waals surface area contributed by atoms with Crippen LogP contribution in [0.2, 0.25) is 0 Å². The molecule has 110 valence electrons. The Morgan fingerprint density at radius 1 is 1.45 bits per heavy atom. The number of hydrogen-bond acceptors (Lipinski definition) is 6. The Kier molecular flexibility index (Phi) is 4.43. The van der Waals surface area contributed by atoms with Gasteiger partial charge in [0.25, 0.3) is 0 Å². The van der Waals surface area contributed by atoms with Gasteiger partial charge in [0, 0.05) is 6.54 Å². The highest BCUT2D eigenvalue weighted by atomic mass is 16.6. The minimum absolute atomic E-state index is 0.120. The number of aryl methyl sites for hydroxylation is 1. The fraction of sp³-hybridized carbons (Fsp3) is 0.545. The summed E-state index contributed by atoms with van der Waals surface area (Å²) < 4.78 is 5.93. The third kappa shape index (κ3) is 4.34. The van der Waals surface area contributed by atoms with E-state index in [9.17, 15) is 24.5 Å². The lowest BCUT2D eigenvalue weighted by atomic mass is 10.2. The summed E-state index contributed by atoms with van der Waals surface area (Å²) in [5.74, 6) is -0.543. The van der Waals surface area contributed by atoms with Gasteiger partial charge in [0.1, 0.15) is 5.60 Å². The quantitative estimate of drug-likeness (QED) is 0.478. The number of hydrogen-bond donors (Lipinski definition) is 1. The molecule has 1 rings (SSSR count). The summed E-state index contributed by atoms with van der Waals surface area (Å²) in [6.07, 6.45) is 0.673. The lowest BCUT2D eigenvalue weighted by Gasteiger charge is -2.19. The van der Waals surface area contributed by atoms with Crippen LogP contribution in [0.1, 0.15) is 27.2 Å². The summed E-state index contributed by atoms with van der Waals surface area (Å²) in [4.78, 5) is 45.6. The van der Waals surface area contributed by atoms with Gasteiger partial charge in [-0.2, -0.15) is 0 Å². The zero-order valence-corrected chi connectivity index (χ0v) is 11.3. The molecule has 0 amide bonds. The van der Waals surface area contributed by atoms with Gasteiger partial charge in [0.05, 0.1) is 17.5 Å². The van der Waals surface area contributed by atoms with Crippen molar-refractivity contribution in [3.63, 3.8) is 0 Å². The smallest absolute Gasteiger partial charge is 0.350 e. The van der Waals surface area contributed by atoms with E-state index >= 15 is 0 Å². The fourth-order valence-electron chi connectivity index (χ4n) is 1.40. The molecule has 20 heavy (non-hydrogen) atoms. The molecule has 1 heterocycles. The van der Waals surface area contributed by atoms with Crippen LogP contribution in [-0.2, 0) is 16.1 Å². The fourth-order valence-corrected chi connectivity index (χ4v) is 1.40. The molecule has 0 aliphatic carbocycles. The van der Waals surface area contributed by atoms with E-state index in [1.54, 1.807) is 20.8 Å². The Hall–Kier alpha value is -2.45. The molecule has 0 bridgehead atoms. The number of esters is 1. The van der Waals surface area contributed by atoms with Crippen molar-refractivity contribution in [1.82, 2.24) is 9.55 Å². The number of aromatic nitrogens is 2. The molecule has 1 aromatic rings. The summed E-state index contributed by atoms with van der Waals surface area (Å²) in [7, 11) is 0. The van der Waals surface area contributed by atoms with Crippen LogP contribution >= 0.6 is 0 Å². The summed E-state index contributed by atoms with van der Waals surface area (Å²) in [6.45, 7) is 4.97. The highest BCUT2D eigenvalue weighted by Gasteiger charge is 2.18. The second-order valence-corrected chi connectivity index (χ2v) is 5.06. The monoisotopic (exact) mass is 285 g/mol. The highest BCUT2D eigenvalue weighted by Crippen LogP contribution is 2.08. The molecule has 0 unspecified atom stereocenters. The van der Waals surface area contributed by atoms with Crippen molar-refractivity contribution in [2.75, 3.05) is 0 Å². The number of carbonyl (C=O) groups is 1. The Labute approximate surface area is 113 Å². The third-order valence-electron chi connectivity index (χ3n) is 2.17. The molecule has 9 nitrogen and oxygen atoms in total. The van der Waals surface area contributed by atoms with Crippen molar-refractivity contribution in [1.29, 1.82) is 0 Å². The first-order chi connectivity index (χ1) is 9.10. The van der Waals surface area contributed by atoms with Crippen molar-refractivity contribution in [3.05, 3.63) is 37.1 Å². The number of rotatable bonds is 4. The van der Waals surface area contributed by atoms with E-state index in [-0.39, 0.29) is 13.0 Å². The van der Waals surface area contributed by atoms with Gasteiger partial charge in [0.15, 0.2) is 0 Å². The number of nitrogens with zero attached hydrogens (tertiary/aromatic N) is 2. The van der Waals surface area contributed by atoms with E-state index in [1.165, 1.54) is 0 Å². The van der Waals surface area contributed by atoms with Crippen LogP contribution in [0, 0.1) is 10.1 Å². The molecule has 0 radical (unpaired) electrons. The molecule has 0 aliphatic rings. The van der Waals surface area contributed by atoms with Crippen LogP contribution in [0.3, 0.4) is 0 Å². The van der Waals surface area contributed by atoms with Gasteiger partial charge in [-0.1, -0.05) is 0 Å². The van der Waals surface area contributed by atoms with E-state index in [0.717, 1.165) is 10.8 Å². The number of aromatic amines is 1. The van der Waals surface area contributed by atoms with Gasteiger partial charge in [-0.15, -0.1) is 0 Å². The second-order valence-electron chi connectivity index (χ2n) is 5.06. The van der Waals surface area contributed by atoms with Gasteiger partial charge >= 0.3 is 22.9 Å². The molecule has 0 fully saturated rings. The Morgan fingerprint density at radius 3 is 2.55 bits per heavy atom. The molecule has 0 spiro atoms. The average molecular weight is 285 g/mol. The third-order valence-corrected chi connectivity index (χ3v) is 2.17. The lowest BCUT2D eigenvalue weighted by molar-refractivity contribution is -0.386. The molecular weight excluding hydrogens is 270 g/mol. The summed E-state index contributed by atoms with van der Waals surface area (Å²) in [6, 6.07) is 0. The van der Waals surface area contributed by atoms with E-state index in [0.29, 0.717) is 0 Å². The minimum Gasteiger partial charge on any atom is -0.460 e. The maximum absolute atomic E-state index is 11.5. The zero-order chi connectivity index (χ0) is 15.5. The van der Waals surface area contributed by atoms with Gasteiger partial charge in [-0.25, -0.2) is 4.79 Å². The van der Waals surface area contributed by atoms with Crippen molar-refractivity contribution in [2.45, 2.75) is 39.3 Å². The first-order valence-corrected chi connectivity index (χ1v) is 5.80. The number of nitro groups is 1. The van der Waals surface area contributed by atoms with E-state index in [2.05, 4.69) is 0 Å². The molecule has 0 saturated carbocycles. The predicted molar refractivity (Wildman–Crippen MR) is 68.4 cm³/mol. The summed E-state index contributed by atoms with van der Waals surface area (Å²) >= 11 is 0. The van der Waals surface area contributed by atoms with Gasteiger partial charge in [-0.3, -0.25) is 29.3 Å². The summed E-state index contributed by atoms with van der Waals surface area (Å²) in [5.41, 5.74) is -3.30. The van der Waals surface area contributed by atoms with E-state index in [1.807, 2.05) is 4.98 Å². The molecule has 0 aliphatic heterocycles. The van der Waals surface area contributed by atoms with Crippen LogP contribution in [0.15, 0.2) is 15.8 Å². The van der Waals surface area contributed by atoms with Gasteiger partial charge in [0.2, 0.25) is 0 Å². The normalized spacial score (nSPS) is 11.2. The predicted octanol–water partition coefficient (Wildman–Crippen LogP) is 0.177. The van der Waals surface area contributed by atoms with E-state index in [4.69, 9.17) is 4.74 Å². The van der Waals surface area contributed by atoms with Crippen LogP contribution in [0.4, 0.5) is 5.69 Å². The first-order valence-electron chi connectivity index (χ1n) is 5.80.